The van der Waals surface area contributed by atoms with Gasteiger partial charge in [0, 0.05) is 25.7 Å². The molecular formula is C14H21N5O2. The lowest BCUT2D eigenvalue weighted by Gasteiger charge is -2.34. The molecule has 1 aromatic heterocycles. The summed E-state index contributed by atoms with van der Waals surface area (Å²) in [5.74, 6) is 0.199. The Morgan fingerprint density at radius 1 is 1.43 bits per heavy atom. The molecule has 7 heteroatoms. The Morgan fingerprint density at radius 3 is 2.71 bits per heavy atom. The van der Waals surface area contributed by atoms with Gasteiger partial charge in [-0.25, -0.2) is 0 Å². The first-order valence-corrected chi connectivity index (χ1v) is 7.37. The summed E-state index contributed by atoms with van der Waals surface area (Å²) in [6, 6.07) is -0.139. The number of nitrogens with zero attached hydrogens (tertiary/aromatic N) is 4. The van der Waals surface area contributed by atoms with Crippen LogP contribution in [0.15, 0.2) is 6.20 Å². The fourth-order valence-corrected chi connectivity index (χ4v) is 3.08. The Labute approximate surface area is 123 Å². The van der Waals surface area contributed by atoms with Crippen LogP contribution in [-0.4, -0.2) is 43.3 Å². The van der Waals surface area contributed by atoms with Crippen molar-refractivity contribution in [2.45, 2.75) is 51.2 Å². The number of rotatable bonds is 3. The van der Waals surface area contributed by atoms with E-state index in [1.54, 1.807) is 22.8 Å². The first kappa shape index (κ1) is 14.0. The summed E-state index contributed by atoms with van der Waals surface area (Å²) in [6.45, 7) is 4.16. The molecule has 1 N–H and O–H groups in total. The predicted molar refractivity (Wildman–Crippen MR) is 74.9 cm³/mol. The molecule has 1 saturated carbocycles. The lowest BCUT2D eigenvalue weighted by molar-refractivity contribution is -0.141. The molecule has 0 spiro atoms. The molecule has 7 nitrogen and oxygen atoms in total. The van der Waals surface area contributed by atoms with E-state index < -0.39 is 5.54 Å². The van der Waals surface area contributed by atoms with Crippen molar-refractivity contribution in [2.75, 3.05) is 0 Å². The maximum absolute atomic E-state index is 13.0. The fourth-order valence-electron chi connectivity index (χ4n) is 3.08. The molecule has 2 amide bonds. The Morgan fingerprint density at radius 2 is 2.14 bits per heavy atom. The minimum atomic E-state index is -0.774. The van der Waals surface area contributed by atoms with E-state index in [9.17, 15) is 9.59 Å². The van der Waals surface area contributed by atoms with Crippen LogP contribution in [0.25, 0.3) is 0 Å². The summed E-state index contributed by atoms with van der Waals surface area (Å²) in [5, 5.41) is 10.9. The van der Waals surface area contributed by atoms with Crippen molar-refractivity contribution >= 4 is 11.8 Å². The summed E-state index contributed by atoms with van der Waals surface area (Å²) in [4.78, 5) is 26.8. The predicted octanol–water partition coefficient (Wildman–Crippen LogP) is 0.221. The average Bonchev–Trinajstić information content (AvgIpc) is 3.19. The zero-order valence-electron chi connectivity index (χ0n) is 12.7. The summed E-state index contributed by atoms with van der Waals surface area (Å²) in [7, 11) is 1.80. The molecule has 1 aromatic rings. The molecule has 0 aromatic carbocycles. The van der Waals surface area contributed by atoms with Gasteiger partial charge in [-0.05, 0) is 32.6 Å². The molecule has 1 aliphatic heterocycles. The highest BCUT2D eigenvalue weighted by Crippen LogP contribution is 2.42. The lowest BCUT2D eigenvalue weighted by Crippen LogP contribution is -2.57. The van der Waals surface area contributed by atoms with Crippen LogP contribution in [-0.2, 0) is 23.2 Å². The van der Waals surface area contributed by atoms with Crippen LogP contribution in [0.3, 0.4) is 0 Å². The zero-order valence-corrected chi connectivity index (χ0v) is 12.7. The minimum Gasteiger partial charge on any atom is -0.342 e. The highest BCUT2D eigenvalue weighted by atomic mass is 16.2. The van der Waals surface area contributed by atoms with Crippen molar-refractivity contribution < 1.29 is 9.59 Å². The highest BCUT2D eigenvalue weighted by molar-refractivity contribution is 5.94. The van der Waals surface area contributed by atoms with Gasteiger partial charge in [0.05, 0.1) is 6.54 Å². The molecule has 2 fully saturated rings. The third-order valence-corrected chi connectivity index (χ3v) is 4.49. The molecule has 114 valence electrons. The monoisotopic (exact) mass is 291 g/mol. The van der Waals surface area contributed by atoms with Gasteiger partial charge < -0.3 is 10.2 Å². The van der Waals surface area contributed by atoms with Gasteiger partial charge in [-0.15, -0.1) is 5.10 Å². The van der Waals surface area contributed by atoms with Gasteiger partial charge in [-0.1, -0.05) is 5.21 Å². The van der Waals surface area contributed by atoms with Crippen molar-refractivity contribution in [1.29, 1.82) is 0 Å². The number of carbonyl (C=O) groups excluding carboxylic acids is 2. The van der Waals surface area contributed by atoms with Crippen LogP contribution >= 0.6 is 0 Å². The number of carbonyl (C=O) groups is 2. The number of hydrogen-bond acceptors (Lipinski definition) is 4. The van der Waals surface area contributed by atoms with Gasteiger partial charge >= 0.3 is 0 Å². The smallest absolute Gasteiger partial charge is 0.248 e. The topological polar surface area (TPSA) is 80.1 Å². The quantitative estimate of drug-likeness (QED) is 0.864. The SMILES string of the molecule is CC1CC(=O)NC(C)(C2CC2)C(=O)N1Cc1cn(C)nn1. The van der Waals surface area contributed by atoms with Crippen molar-refractivity contribution in [2.24, 2.45) is 13.0 Å². The van der Waals surface area contributed by atoms with Crippen LogP contribution < -0.4 is 5.32 Å². The molecular weight excluding hydrogens is 270 g/mol. The lowest BCUT2D eigenvalue weighted by atomic mass is 9.94. The maximum Gasteiger partial charge on any atom is 0.248 e. The number of aryl methyl sites for hydroxylation is 1. The van der Waals surface area contributed by atoms with Gasteiger partial charge in [0.15, 0.2) is 0 Å². The van der Waals surface area contributed by atoms with E-state index >= 15 is 0 Å². The van der Waals surface area contributed by atoms with E-state index in [4.69, 9.17) is 0 Å². The fraction of sp³-hybridized carbons (Fsp3) is 0.714. The minimum absolute atomic E-state index is 0.00555. The van der Waals surface area contributed by atoms with Gasteiger partial charge in [-0.3, -0.25) is 14.3 Å². The van der Waals surface area contributed by atoms with Crippen LogP contribution in [0, 0.1) is 5.92 Å². The van der Waals surface area contributed by atoms with Crippen LogP contribution in [0.1, 0.15) is 38.8 Å². The molecule has 21 heavy (non-hydrogen) atoms. The molecule has 0 bridgehead atoms. The molecule has 2 atom stereocenters. The number of hydrogen-bond donors (Lipinski definition) is 1. The van der Waals surface area contributed by atoms with Gasteiger partial charge in [0.2, 0.25) is 11.8 Å². The van der Waals surface area contributed by atoms with Gasteiger partial charge in [-0.2, -0.15) is 0 Å². The first-order chi connectivity index (χ1) is 9.90. The van der Waals surface area contributed by atoms with Crippen molar-refractivity contribution in [3.63, 3.8) is 0 Å². The summed E-state index contributed by atoms with van der Waals surface area (Å²) < 4.78 is 1.62. The van der Waals surface area contributed by atoms with Crippen molar-refractivity contribution in [1.82, 2.24) is 25.2 Å². The second-order valence-corrected chi connectivity index (χ2v) is 6.39. The Bertz CT molecular complexity index is 580. The number of aromatic nitrogens is 3. The Balaban J connectivity index is 1.88. The van der Waals surface area contributed by atoms with E-state index in [0.29, 0.717) is 13.0 Å². The zero-order chi connectivity index (χ0) is 15.2. The largest absolute Gasteiger partial charge is 0.342 e. The molecule has 0 radical (unpaired) electrons. The second-order valence-electron chi connectivity index (χ2n) is 6.39. The molecule has 3 rings (SSSR count). The average molecular weight is 291 g/mol. The normalized spacial score (nSPS) is 30.2. The number of nitrogens with one attached hydrogen (secondary N) is 1. The van der Waals surface area contributed by atoms with Gasteiger partial charge in [0.25, 0.3) is 0 Å². The van der Waals surface area contributed by atoms with Crippen LogP contribution in [0.4, 0.5) is 0 Å². The molecule has 1 saturated heterocycles. The summed E-state index contributed by atoms with van der Waals surface area (Å²) >= 11 is 0. The molecule has 2 unspecified atom stereocenters. The highest BCUT2D eigenvalue weighted by Gasteiger charge is 2.52. The van der Waals surface area contributed by atoms with E-state index in [0.717, 1.165) is 18.5 Å². The van der Waals surface area contributed by atoms with Crippen molar-refractivity contribution in [3.05, 3.63) is 11.9 Å². The first-order valence-electron chi connectivity index (χ1n) is 7.37. The van der Waals surface area contributed by atoms with E-state index in [-0.39, 0.29) is 23.8 Å². The van der Waals surface area contributed by atoms with E-state index in [2.05, 4.69) is 15.6 Å². The summed E-state index contributed by atoms with van der Waals surface area (Å²) in [6.07, 6.45) is 4.12. The standard InChI is InChI=1S/C14H21N5O2/c1-9-6-12(20)15-14(2,10-4-5-10)13(21)19(9)8-11-7-18(3)17-16-11/h7,9-10H,4-6,8H2,1-3H3,(H,15,20). The van der Waals surface area contributed by atoms with Crippen LogP contribution in [0.5, 0.6) is 0 Å². The maximum atomic E-state index is 13.0. The Hall–Kier alpha value is -1.92. The van der Waals surface area contributed by atoms with E-state index in [1.807, 2.05) is 13.8 Å². The molecule has 1 aliphatic carbocycles. The third kappa shape index (κ3) is 2.52. The van der Waals surface area contributed by atoms with Gasteiger partial charge in [0.1, 0.15) is 11.2 Å². The second kappa shape index (κ2) is 4.82. The third-order valence-electron chi connectivity index (χ3n) is 4.49. The summed E-state index contributed by atoms with van der Waals surface area (Å²) in [5.41, 5.74) is -0.0328. The number of amides is 2. The van der Waals surface area contributed by atoms with E-state index in [1.165, 1.54) is 0 Å². The van der Waals surface area contributed by atoms with Crippen LogP contribution in [0.2, 0.25) is 0 Å². The molecule has 2 heterocycles. The Kier molecular flexibility index (Phi) is 3.22. The molecule has 2 aliphatic rings. The van der Waals surface area contributed by atoms with Crippen molar-refractivity contribution in [3.8, 4) is 0 Å².